The third-order valence-electron chi connectivity index (χ3n) is 6.62. The van der Waals surface area contributed by atoms with Crippen LogP contribution in [0.25, 0.3) is 0 Å². The lowest BCUT2D eigenvalue weighted by Crippen LogP contribution is -2.58. The Morgan fingerprint density at radius 3 is 2.71 bits per heavy atom. The highest BCUT2D eigenvalue weighted by atomic mass is 16.5. The van der Waals surface area contributed by atoms with E-state index in [2.05, 4.69) is 26.8 Å². The van der Waals surface area contributed by atoms with Crippen molar-refractivity contribution >= 4 is 5.78 Å². The van der Waals surface area contributed by atoms with E-state index in [1.807, 2.05) is 6.92 Å². The van der Waals surface area contributed by atoms with Gasteiger partial charge in [0.2, 0.25) is 0 Å². The number of carbonyl (C=O) groups is 1. The summed E-state index contributed by atoms with van der Waals surface area (Å²) in [5, 5.41) is 10.9. The van der Waals surface area contributed by atoms with Crippen LogP contribution in [0.3, 0.4) is 0 Å². The second-order valence-electron chi connectivity index (χ2n) is 8.29. The third-order valence-corrected chi connectivity index (χ3v) is 6.62. The highest BCUT2D eigenvalue weighted by Crippen LogP contribution is 2.50. The van der Waals surface area contributed by atoms with Crippen LogP contribution in [0.4, 0.5) is 0 Å². The van der Waals surface area contributed by atoms with Crippen LogP contribution in [0.2, 0.25) is 0 Å². The maximum atomic E-state index is 13.4. The quantitative estimate of drug-likeness (QED) is 0.745. The summed E-state index contributed by atoms with van der Waals surface area (Å²) in [4.78, 5) is 13.4. The second kappa shape index (κ2) is 5.99. The van der Waals surface area contributed by atoms with Crippen molar-refractivity contribution in [1.82, 2.24) is 0 Å². The minimum atomic E-state index is -0.837. The Balaban J connectivity index is 2.15. The van der Waals surface area contributed by atoms with Gasteiger partial charge in [-0.15, -0.1) is 0 Å². The minimum Gasteiger partial charge on any atom is -0.489 e. The summed E-state index contributed by atoms with van der Waals surface area (Å²) in [7, 11) is 1.57. The molecule has 2 aliphatic carbocycles. The first-order chi connectivity index (χ1) is 11.2. The lowest BCUT2D eigenvalue weighted by molar-refractivity contribution is -0.165. The van der Waals surface area contributed by atoms with E-state index in [1.165, 1.54) is 5.57 Å². The van der Waals surface area contributed by atoms with E-state index < -0.39 is 23.2 Å². The predicted molar refractivity (Wildman–Crippen MR) is 92.4 cm³/mol. The molecule has 4 heteroatoms. The molecule has 0 saturated heterocycles. The highest BCUT2D eigenvalue weighted by molar-refractivity contribution is 6.02. The fourth-order valence-electron chi connectivity index (χ4n) is 4.45. The Morgan fingerprint density at radius 2 is 2.04 bits per heavy atom. The van der Waals surface area contributed by atoms with Crippen LogP contribution in [0, 0.1) is 11.3 Å². The normalized spacial score (nSPS) is 45.3. The first-order valence-corrected chi connectivity index (χ1v) is 9.06. The maximum absolute atomic E-state index is 13.4. The molecule has 5 atom stereocenters. The molecule has 0 fully saturated rings. The highest BCUT2D eigenvalue weighted by Gasteiger charge is 2.55. The largest absolute Gasteiger partial charge is 0.489 e. The zero-order valence-corrected chi connectivity index (χ0v) is 15.5. The summed E-state index contributed by atoms with van der Waals surface area (Å²) < 4.78 is 11.9. The molecule has 0 saturated carbocycles. The van der Waals surface area contributed by atoms with Gasteiger partial charge in [0.15, 0.2) is 5.78 Å². The van der Waals surface area contributed by atoms with Crippen molar-refractivity contribution in [2.75, 3.05) is 7.11 Å². The maximum Gasteiger partial charge on any atom is 0.171 e. The summed E-state index contributed by atoms with van der Waals surface area (Å²) in [6, 6.07) is 0. The van der Waals surface area contributed by atoms with Crippen molar-refractivity contribution in [3.63, 3.8) is 0 Å². The molecular formula is C20H30O4. The fraction of sp³-hybridized carbons (Fsp3) is 0.750. The van der Waals surface area contributed by atoms with Gasteiger partial charge < -0.3 is 14.6 Å². The van der Waals surface area contributed by atoms with Gasteiger partial charge in [0.05, 0.1) is 5.57 Å². The fourth-order valence-corrected chi connectivity index (χ4v) is 4.45. The van der Waals surface area contributed by atoms with Crippen molar-refractivity contribution in [2.24, 2.45) is 11.3 Å². The third kappa shape index (κ3) is 2.55. The van der Waals surface area contributed by atoms with Gasteiger partial charge in [0.25, 0.3) is 0 Å². The van der Waals surface area contributed by atoms with Crippen LogP contribution in [-0.2, 0) is 14.3 Å². The van der Waals surface area contributed by atoms with Crippen LogP contribution in [0.15, 0.2) is 23.0 Å². The van der Waals surface area contributed by atoms with E-state index in [9.17, 15) is 9.90 Å². The average Bonchev–Trinajstić information content (AvgIpc) is 2.52. The second-order valence-corrected chi connectivity index (χ2v) is 8.29. The number of ketones is 1. The molecular weight excluding hydrogens is 304 g/mol. The standard InChI is InChI=1S/C20H30O4/c1-12-7-6-9-20(4)18(22)16(23-5)15-14(24-20)11-13(2)19(3,10-8-12)17(15)21/h7,13,16,18,22H,6,8-11H2,1-5H3/b12-7-/t13-,16-,18-,19+,20+/m1/s1. The van der Waals surface area contributed by atoms with E-state index in [1.54, 1.807) is 7.11 Å². The molecule has 134 valence electrons. The molecule has 0 radical (unpaired) electrons. The minimum absolute atomic E-state index is 0.0950. The molecule has 0 aromatic carbocycles. The Kier molecular flexibility index (Phi) is 4.42. The summed E-state index contributed by atoms with van der Waals surface area (Å²) in [6.07, 6.45) is 4.87. The summed E-state index contributed by atoms with van der Waals surface area (Å²) in [5.74, 6) is 1.05. The molecule has 1 N–H and O–H groups in total. The van der Waals surface area contributed by atoms with Gasteiger partial charge in [-0.1, -0.05) is 25.5 Å². The van der Waals surface area contributed by atoms with Gasteiger partial charge in [0, 0.05) is 18.9 Å². The Hall–Kier alpha value is -1.13. The van der Waals surface area contributed by atoms with Gasteiger partial charge in [0.1, 0.15) is 23.6 Å². The monoisotopic (exact) mass is 334 g/mol. The molecule has 3 heterocycles. The molecule has 24 heavy (non-hydrogen) atoms. The van der Waals surface area contributed by atoms with Crippen molar-refractivity contribution in [3.8, 4) is 0 Å². The predicted octanol–water partition coefficient (Wildman–Crippen LogP) is 3.54. The van der Waals surface area contributed by atoms with Crippen molar-refractivity contribution < 1.29 is 19.4 Å². The van der Waals surface area contributed by atoms with Gasteiger partial charge in [-0.25, -0.2) is 0 Å². The van der Waals surface area contributed by atoms with E-state index in [4.69, 9.17) is 9.47 Å². The molecule has 4 bridgehead atoms. The van der Waals surface area contributed by atoms with E-state index >= 15 is 0 Å². The zero-order chi connectivity index (χ0) is 17.7. The van der Waals surface area contributed by atoms with E-state index in [0.717, 1.165) is 31.4 Å². The number of allylic oxidation sites excluding steroid dienone is 3. The molecule has 5 aliphatic rings. The van der Waals surface area contributed by atoms with Gasteiger partial charge in [-0.05, 0) is 45.4 Å². The molecule has 0 amide bonds. The summed E-state index contributed by atoms with van der Waals surface area (Å²) in [5.41, 5.74) is 0.739. The Labute approximate surface area is 144 Å². The number of Topliss-reactive ketones (excluding diaryl/α,β-unsaturated/α-hetero) is 1. The van der Waals surface area contributed by atoms with Gasteiger partial charge >= 0.3 is 0 Å². The molecule has 0 aromatic heterocycles. The molecule has 0 aromatic rings. The Morgan fingerprint density at radius 1 is 1.33 bits per heavy atom. The van der Waals surface area contributed by atoms with Crippen LogP contribution in [0.1, 0.15) is 59.8 Å². The molecule has 0 spiro atoms. The number of rotatable bonds is 1. The number of methoxy groups -OCH3 is 1. The van der Waals surface area contributed by atoms with E-state index in [0.29, 0.717) is 12.0 Å². The number of hydrogen-bond donors (Lipinski definition) is 1. The smallest absolute Gasteiger partial charge is 0.171 e. The molecule has 4 nitrogen and oxygen atoms in total. The molecule has 3 aliphatic heterocycles. The number of carbonyl (C=O) groups excluding carboxylic acids is 1. The van der Waals surface area contributed by atoms with Crippen molar-refractivity contribution in [3.05, 3.63) is 23.0 Å². The van der Waals surface area contributed by atoms with Crippen LogP contribution in [-0.4, -0.2) is 35.8 Å². The van der Waals surface area contributed by atoms with Gasteiger partial charge in [-0.3, -0.25) is 4.79 Å². The number of aliphatic hydroxyl groups excluding tert-OH is 1. The first kappa shape index (κ1) is 17.7. The topological polar surface area (TPSA) is 55.8 Å². The summed E-state index contributed by atoms with van der Waals surface area (Å²) in [6.45, 7) is 8.27. The first-order valence-electron chi connectivity index (χ1n) is 9.06. The van der Waals surface area contributed by atoms with Crippen molar-refractivity contribution in [1.29, 1.82) is 0 Å². The van der Waals surface area contributed by atoms with Crippen LogP contribution < -0.4 is 0 Å². The SMILES string of the molecule is CO[C@@H]1C2=C3C[C@@H](C)[C@](C)(CC/C(C)=C\CC[C@](C)(O3)[C@@H]1O)C2=O. The van der Waals surface area contributed by atoms with E-state index in [-0.39, 0.29) is 11.7 Å². The zero-order valence-electron chi connectivity index (χ0n) is 15.5. The number of fused-ring (bicyclic) bond motifs is 2. The van der Waals surface area contributed by atoms with Crippen molar-refractivity contribution in [2.45, 2.75) is 77.6 Å². The lowest BCUT2D eigenvalue weighted by Gasteiger charge is -2.50. The summed E-state index contributed by atoms with van der Waals surface area (Å²) >= 11 is 0. The van der Waals surface area contributed by atoms with Crippen LogP contribution in [0.5, 0.6) is 0 Å². The number of hydrogen-bond acceptors (Lipinski definition) is 4. The number of aliphatic hydroxyl groups is 1. The molecule has 0 unspecified atom stereocenters. The number of ether oxygens (including phenoxy) is 2. The lowest BCUT2D eigenvalue weighted by atomic mass is 9.62. The molecule has 5 rings (SSSR count). The Bertz CT molecular complexity index is 605. The van der Waals surface area contributed by atoms with Crippen LogP contribution >= 0.6 is 0 Å². The van der Waals surface area contributed by atoms with Gasteiger partial charge in [-0.2, -0.15) is 0 Å². The average molecular weight is 334 g/mol.